The van der Waals surface area contributed by atoms with Crippen LogP contribution in [0.15, 0.2) is 18.3 Å². The maximum absolute atomic E-state index is 4.28. The van der Waals surface area contributed by atoms with Gasteiger partial charge in [-0.05, 0) is 44.0 Å². The summed E-state index contributed by atoms with van der Waals surface area (Å²) in [5.41, 5.74) is 2.51. The van der Waals surface area contributed by atoms with Crippen molar-refractivity contribution in [1.29, 1.82) is 0 Å². The molecule has 0 aliphatic heterocycles. The minimum absolute atomic E-state index is 0.500. The van der Waals surface area contributed by atoms with Crippen LogP contribution in [-0.4, -0.2) is 12.0 Å². The summed E-state index contributed by atoms with van der Waals surface area (Å²) in [6, 6.07) is 4.86. The zero-order valence-electron chi connectivity index (χ0n) is 11.1. The second-order valence-electron chi connectivity index (χ2n) is 5.31. The molecule has 1 N–H and O–H groups in total. The molecule has 0 saturated heterocycles. The highest BCUT2D eigenvalue weighted by Gasteiger charge is 2.19. The van der Waals surface area contributed by atoms with Crippen LogP contribution in [0.4, 0.5) is 0 Å². The van der Waals surface area contributed by atoms with Gasteiger partial charge in [0.05, 0.1) is 0 Å². The van der Waals surface area contributed by atoms with Gasteiger partial charge in [-0.1, -0.05) is 32.1 Å². The fourth-order valence-electron chi connectivity index (χ4n) is 2.96. The molecule has 2 rings (SSSR count). The molecule has 1 atom stereocenters. The van der Waals surface area contributed by atoms with Crippen molar-refractivity contribution in [3.8, 4) is 0 Å². The van der Waals surface area contributed by atoms with Crippen LogP contribution in [-0.2, 0) is 0 Å². The largest absolute Gasteiger partial charge is 0.313 e. The zero-order chi connectivity index (χ0) is 12.1. The third kappa shape index (κ3) is 3.53. The van der Waals surface area contributed by atoms with E-state index in [-0.39, 0.29) is 0 Å². The van der Waals surface area contributed by atoms with Crippen molar-refractivity contribution in [2.24, 2.45) is 5.92 Å². The standard InChI is InChI=1S/C15H24N2/c1-12-10-14(8-9-17-12)15(16-2)11-13-6-4-3-5-7-13/h8-10,13,15-16H,3-7,11H2,1-2H3. The smallest absolute Gasteiger partial charge is 0.0375 e. The Labute approximate surface area is 105 Å². The van der Waals surface area contributed by atoms with Crippen molar-refractivity contribution < 1.29 is 0 Å². The number of aryl methyl sites for hydroxylation is 1. The van der Waals surface area contributed by atoms with Crippen LogP contribution in [0.5, 0.6) is 0 Å². The van der Waals surface area contributed by atoms with Gasteiger partial charge in [0.15, 0.2) is 0 Å². The van der Waals surface area contributed by atoms with Crippen molar-refractivity contribution in [1.82, 2.24) is 10.3 Å². The normalized spacial score (nSPS) is 19.2. The lowest BCUT2D eigenvalue weighted by Gasteiger charge is -2.26. The minimum atomic E-state index is 0.500. The van der Waals surface area contributed by atoms with E-state index in [0.29, 0.717) is 6.04 Å². The van der Waals surface area contributed by atoms with Gasteiger partial charge in [0.2, 0.25) is 0 Å². The zero-order valence-corrected chi connectivity index (χ0v) is 11.1. The summed E-state index contributed by atoms with van der Waals surface area (Å²) in [5.74, 6) is 0.912. The fraction of sp³-hybridized carbons (Fsp3) is 0.667. The summed E-state index contributed by atoms with van der Waals surface area (Å²) in [6.45, 7) is 2.07. The van der Waals surface area contributed by atoms with Crippen LogP contribution in [0.1, 0.15) is 55.8 Å². The summed E-state index contributed by atoms with van der Waals surface area (Å²) in [6.07, 6.45) is 10.3. The van der Waals surface area contributed by atoms with E-state index >= 15 is 0 Å². The van der Waals surface area contributed by atoms with E-state index in [1.807, 2.05) is 6.20 Å². The first-order valence-electron chi connectivity index (χ1n) is 6.89. The third-order valence-electron chi connectivity index (χ3n) is 3.97. The maximum Gasteiger partial charge on any atom is 0.0375 e. The van der Waals surface area contributed by atoms with Gasteiger partial charge in [-0.15, -0.1) is 0 Å². The Morgan fingerprint density at radius 2 is 2.12 bits per heavy atom. The molecule has 0 radical (unpaired) electrons. The van der Waals surface area contributed by atoms with Gasteiger partial charge in [0.1, 0.15) is 0 Å². The number of hydrogen-bond donors (Lipinski definition) is 1. The predicted octanol–water partition coefficient (Wildman–Crippen LogP) is 3.62. The van der Waals surface area contributed by atoms with Gasteiger partial charge in [0, 0.05) is 17.9 Å². The lowest BCUT2D eigenvalue weighted by Crippen LogP contribution is -2.21. The Hall–Kier alpha value is -0.890. The summed E-state index contributed by atoms with van der Waals surface area (Å²) >= 11 is 0. The van der Waals surface area contributed by atoms with Gasteiger partial charge < -0.3 is 5.32 Å². The molecule has 1 aromatic rings. The van der Waals surface area contributed by atoms with Crippen molar-refractivity contribution in [3.63, 3.8) is 0 Å². The fourth-order valence-corrected chi connectivity index (χ4v) is 2.96. The van der Waals surface area contributed by atoms with Gasteiger partial charge in [-0.2, -0.15) is 0 Å². The molecule has 0 aromatic carbocycles. The van der Waals surface area contributed by atoms with Crippen LogP contribution in [0, 0.1) is 12.8 Å². The van der Waals surface area contributed by atoms with Gasteiger partial charge in [-0.25, -0.2) is 0 Å². The number of rotatable bonds is 4. The summed E-state index contributed by atoms with van der Waals surface area (Å²) in [7, 11) is 2.07. The molecule has 0 spiro atoms. The van der Waals surface area contributed by atoms with Crippen LogP contribution in [0.2, 0.25) is 0 Å². The number of nitrogens with zero attached hydrogens (tertiary/aromatic N) is 1. The summed E-state index contributed by atoms with van der Waals surface area (Å²) in [4.78, 5) is 4.28. The molecule has 0 amide bonds. The van der Waals surface area contributed by atoms with E-state index < -0.39 is 0 Å². The molecule has 17 heavy (non-hydrogen) atoms. The Kier molecular flexibility index (Phi) is 4.55. The number of nitrogens with one attached hydrogen (secondary N) is 1. The van der Waals surface area contributed by atoms with Crippen molar-refractivity contribution in [2.75, 3.05) is 7.05 Å². The highest BCUT2D eigenvalue weighted by atomic mass is 14.9. The van der Waals surface area contributed by atoms with Gasteiger partial charge in [-0.3, -0.25) is 4.98 Å². The molecule has 1 aliphatic rings. The Bertz CT molecular complexity index is 343. The van der Waals surface area contributed by atoms with Crippen molar-refractivity contribution >= 4 is 0 Å². The second-order valence-corrected chi connectivity index (χ2v) is 5.31. The van der Waals surface area contributed by atoms with E-state index in [9.17, 15) is 0 Å². The first-order valence-corrected chi connectivity index (χ1v) is 6.89. The molecule has 1 saturated carbocycles. The molecule has 2 heteroatoms. The highest BCUT2D eigenvalue weighted by molar-refractivity contribution is 5.19. The molecule has 0 bridgehead atoms. The minimum Gasteiger partial charge on any atom is -0.313 e. The SMILES string of the molecule is CNC(CC1CCCCC1)c1ccnc(C)c1. The first-order chi connectivity index (χ1) is 8.29. The van der Waals surface area contributed by atoms with Crippen molar-refractivity contribution in [2.45, 2.75) is 51.5 Å². The molecule has 1 heterocycles. The molecule has 1 aromatic heterocycles. The summed E-state index contributed by atoms with van der Waals surface area (Å²) < 4.78 is 0. The van der Waals surface area contributed by atoms with Crippen LogP contribution >= 0.6 is 0 Å². The monoisotopic (exact) mass is 232 g/mol. The average molecular weight is 232 g/mol. The number of aromatic nitrogens is 1. The quantitative estimate of drug-likeness (QED) is 0.857. The average Bonchev–Trinajstić information content (AvgIpc) is 2.37. The lowest BCUT2D eigenvalue weighted by atomic mass is 9.83. The second kappa shape index (κ2) is 6.15. The predicted molar refractivity (Wildman–Crippen MR) is 72.0 cm³/mol. The van der Waals surface area contributed by atoms with Crippen LogP contribution in [0.25, 0.3) is 0 Å². The number of hydrogen-bond acceptors (Lipinski definition) is 2. The van der Waals surface area contributed by atoms with Crippen molar-refractivity contribution in [3.05, 3.63) is 29.6 Å². The molecule has 1 aliphatic carbocycles. The van der Waals surface area contributed by atoms with Crippen LogP contribution < -0.4 is 5.32 Å². The summed E-state index contributed by atoms with van der Waals surface area (Å²) in [5, 5.41) is 3.47. The number of pyridine rings is 1. The van der Waals surface area contributed by atoms with E-state index in [0.717, 1.165) is 11.6 Å². The molecule has 2 nitrogen and oxygen atoms in total. The molecular formula is C15H24N2. The highest BCUT2D eigenvalue weighted by Crippen LogP contribution is 2.31. The lowest BCUT2D eigenvalue weighted by molar-refractivity contribution is 0.305. The molecule has 1 fully saturated rings. The van der Waals surface area contributed by atoms with Gasteiger partial charge >= 0.3 is 0 Å². The van der Waals surface area contributed by atoms with E-state index in [1.165, 1.54) is 44.1 Å². The molecule has 94 valence electrons. The van der Waals surface area contributed by atoms with Crippen LogP contribution in [0.3, 0.4) is 0 Å². The third-order valence-corrected chi connectivity index (χ3v) is 3.97. The topological polar surface area (TPSA) is 24.9 Å². The van der Waals surface area contributed by atoms with E-state index in [1.54, 1.807) is 0 Å². The first kappa shape index (κ1) is 12.6. The Morgan fingerprint density at radius 3 is 2.76 bits per heavy atom. The Balaban J connectivity index is 2.00. The van der Waals surface area contributed by atoms with E-state index in [4.69, 9.17) is 0 Å². The molecular weight excluding hydrogens is 208 g/mol. The van der Waals surface area contributed by atoms with E-state index in [2.05, 4.69) is 36.4 Å². The van der Waals surface area contributed by atoms with Gasteiger partial charge in [0.25, 0.3) is 0 Å². The molecule has 1 unspecified atom stereocenters. The maximum atomic E-state index is 4.28. The Morgan fingerprint density at radius 1 is 1.35 bits per heavy atom.